The van der Waals surface area contributed by atoms with Crippen LogP contribution in [-0.4, -0.2) is 26.3 Å². The van der Waals surface area contributed by atoms with Crippen LogP contribution < -0.4 is 9.47 Å². The molecule has 1 atom stereocenters. The summed E-state index contributed by atoms with van der Waals surface area (Å²) in [6.45, 7) is 0.645. The van der Waals surface area contributed by atoms with Crippen molar-refractivity contribution in [1.29, 1.82) is 0 Å². The Kier molecular flexibility index (Phi) is 5.54. The number of hydrogen-bond acceptors (Lipinski definition) is 4. The van der Waals surface area contributed by atoms with Crippen molar-refractivity contribution < 1.29 is 27.8 Å². The molecular formula is C13H16F2O4. The Bertz CT molecular complexity index is 435. The van der Waals surface area contributed by atoms with Gasteiger partial charge in [-0.1, -0.05) is 0 Å². The summed E-state index contributed by atoms with van der Waals surface area (Å²) < 4.78 is 38.6. The molecule has 0 aromatic heterocycles. The van der Waals surface area contributed by atoms with Crippen LogP contribution in [0.3, 0.4) is 0 Å². The van der Waals surface area contributed by atoms with Gasteiger partial charge in [-0.2, -0.15) is 8.78 Å². The van der Waals surface area contributed by atoms with Gasteiger partial charge < -0.3 is 14.2 Å². The largest absolute Gasteiger partial charge is 0.497 e. The van der Waals surface area contributed by atoms with Crippen molar-refractivity contribution in [1.82, 2.24) is 0 Å². The SMILES string of the molecule is CCOC(=O)C(C)c1cc(OC)cc(OC(F)F)c1. The zero-order chi connectivity index (χ0) is 14.4. The number of esters is 1. The summed E-state index contributed by atoms with van der Waals surface area (Å²) in [5, 5.41) is 0. The quantitative estimate of drug-likeness (QED) is 0.748. The van der Waals surface area contributed by atoms with E-state index in [4.69, 9.17) is 9.47 Å². The summed E-state index contributed by atoms with van der Waals surface area (Å²) in [5.74, 6) is -0.737. The summed E-state index contributed by atoms with van der Waals surface area (Å²) in [7, 11) is 1.40. The van der Waals surface area contributed by atoms with Gasteiger partial charge in [0, 0.05) is 6.07 Å². The van der Waals surface area contributed by atoms with E-state index in [2.05, 4.69) is 4.74 Å². The Labute approximate surface area is 110 Å². The molecule has 1 aromatic rings. The molecule has 0 bridgehead atoms. The third-order valence-corrected chi connectivity index (χ3v) is 2.50. The van der Waals surface area contributed by atoms with E-state index in [1.165, 1.54) is 19.2 Å². The third kappa shape index (κ3) is 4.39. The fraction of sp³-hybridized carbons (Fsp3) is 0.462. The number of hydrogen-bond donors (Lipinski definition) is 0. The number of benzene rings is 1. The van der Waals surface area contributed by atoms with Crippen LogP contribution in [0.25, 0.3) is 0 Å². The summed E-state index contributed by atoms with van der Waals surface area (Å²) in [6, 6.07) is 4.28. The molecule has 0 saturated heterocycles. The Morgan fingerprint density at radius 1 is 1.26 bits per heavy atom. The van der Waals surface area contributed by atoms with Crippen LogP contribution in [0.1, 0.15) is 25.3 Å². The van der Waals surface area contributed by atoms with Gasteiger partial charge >= 0.3 is 12.6 Å². The molecule has 1 aromatic carbocycles. The molecule has 0 spiro atoms. The van der Waals surface area contributed by atoms with Gasteiger partial charge in [0.2, 0.25) is 0 Å². The average Bonchev–Trinajstić information content (AvgIpc) is 2.36. The van der Waals surface area contributed by atoms with Crippen molar-refractivity contribution in [3.63, 3.8) is 0 Å². The minimum atomic E-state index is -2.93. The van der Waals surface area contributed by atoms with E-state index in [1.54, 1.807) is 19.9 Å². The lowest BCUT2D eigenvalue weighted by atomic mass is 10.0. The maximum Gasteiger partial charge on any atom is 0.387 e. The molecular weight excluding hydrogens is 258 g/mol. The van der Waals surface area contributed by atoms with E-state index in [0.717, 1.165) is 0 Å². The van der Waals surface area contributed by atoms with E-state index >= 15 is 0 Å². The highest BCUT2D eigenvalue weighted by Gasteiger charge is 2.19. The molecule has 0 aliphatic rings. The monoisotopic (exact) mass is 274 g/mol. The number of methoxy groups -OCH3 is 1. The molecule has 6 heteroatoms. The second-order valence-electron chi connectivity index (χ2n) is 3.79. The van der Waals surface area contributed by atoms with Crippen molar-refractivity contribution in [2.75, 3.05) is 13.7 Å². The number of ether oxygens (including phenoxy) is 3. The van der Waals surface area contributed by atoms with Crippen molar-refractivity contribution in [3.8, 4) is 11.5 Å². The van der Waals surface area contributed by atoms with Crippen LogP contribution in [0.15, 0.2) is 18.2 Å². The molecule has 0 radical (unpaired) electrons. The van der Waals surface area contributed by atoms with Crippen LogP contribution >= 0.6 is 0 Å². The van der Waals surface area contributed by atoms with E-state index in [0.29, 0.717) is 11.3 Å². The lowest BCUT2D eigenvalue weighted by Crippen LogP contribution is -2.13. The normalized spacial score (nSPS) is 12.1. The lowest BCUT2D eigenvalue weighted by Gasteiger charge is -2.14. The van der Waals surface area contributed by atoms with E-state index in [1.807, 2.05) is 0 Å². The predicted octanol–water partition coefficient (Wildman–Crippen LogP) is 2.96. The zero-order valence-corrected chi connectivity index (χ0v) is 11.0. The smallest absolute Gasteiger partial charge is 0.387 e. The molecule has 0 aliphatic heterocycles. The molecule has 1 unspecified atom stereocenters. The van der Waals surface area contributed by atoms with Crippen LogP contribution in [0, 0.1) is 0 Å². The van der Waals surface area contributed by atoms with Crippen molar-refractivity contribution >= 4 is 5.97 Å². The van der Waals surface area contributed by atoms with Crippen LogP contribution in [0.5, 0.6) is 11.5 Å². The number of rotatable bonds is 6. The van der Waals surface area contributed by atoms with E-state index in [-0.39, 0.29) is 12.4 Å². The van der Waals surface area contributed by atoms with Crippen LogP contribution in [-0.2, 0) is 9.53 Å². The first-order chi connectivity index (χ1) is 8.97. The standard InChI is InChI=1S/C13H16F2O4/c1-4-18-12(16)8(2)9-5-10(17-3)7-11(6-9)19-13(14)15/h5-8,13H,4H2,1-3H3. The number of carbonyl (C=O) groups excluding carboxylic acids is 1. The van der Waals surface area contributed by atoms with Gasteiger partial charge in [0.05, 0.1) is 19.6 Å². The van der Waals surface area contributed by atoms with Gasteiger partial charge in [-0.3, -0.25) is 4.79 Å². The second kappa shape index (κ2) is 6.92. The fourth-order valence-electron chi connectivity index (χ4n) is 1.54. The summed E-state index contributed by atoms with van der Waals surface area (Å²) in [5.41, 5.74) is 0.494. The van der Waals surface area contributed by atoms with Gasteiger partial charge in [-0.15, -0.1) is 0 Å². The topological polar surface area (TPSA) is 44.8 Å². The highest BCUT2D eigenvalue weighted by Crippen LogP contribution is 2.29. The molecule has 0 heterocycles. The first-order valence-corrected chi connectivity index (χ1v) is 5.78. The van der Waals surface area contributed by atoms with Gasteiger partial charge in [0.15, 0.2) is 0 Å². The average molecular weight is 274 g/mol. The molecule has 1 rings (SSSR count). The summed E-state index contributed by atoms with van der Waals surface area (Å²) in [6.07, 6.45) is 0. The number of carbonyl (C=O) groups is 1. The molecule has 0 saturated carbocycles. The predicted molar refractivity (Wildman–Crippen MR) is 64.7 cm³/mol. The van der Waals surface area contributed by atoms with Gasteiger partial charge in [0.1, 0.15) is 11.5 Å². The van der Waals surface area contributed by atoms with Crippen LogP contribution in [0.4, 0.5) is 8.78 Å². The Morgan fingerprint density at radius 2 is 1.89 bits per heavy atom. The second-order valence-corrected chi connectivity index (χ2v) is 3.79. The van der Waals surface area contributed by atoms with Crippen LogP contribution in [0.2, 0.25) is 0 Å². The maximum absolute atomic E-state index is 12.2. The first-order valence-electron chi connectivity index (χ1n) is 5.78. The number of halogens is 2. The molecule has 19 heavy (non-hydrogen) atoms. The lowest BCUT2D eigenvalue weighted by molar-refractivity contribution is -0.144. The van der Waals surface area contributed by atoms with Gasteiger partial charge in [-0.05, 0) is 31.5 Å². The molecule has 0 aliphatic carbocycles. The first kappa shape index (κ1) is 15.2. The van der Waals surface area contributed by atoms with Gasteiger partial charge in [-0.25, -0.2) is 0 Å². The number of alkyl halides is 2. The van der Waals surface area contributed by atoms with E-state index < -0.39 is 18.5 Å². The highest BCUT2D eigenvalue weighted by molar-refractivity contribution is 5.78. The molecule has 0 N–H and O–H groups in total. The maximum atomic E-state index is 12.2. The molecule has 4 nitrogen and oxygen atoms in total. The van der Waals surface area contributed by atoms with Gasteiger partial charge in [0.25, 0.3) is 0 Å². The molecule has 106 valence electrons. The highest BCUT2D eigenvalue weighted by atomic mass is 19.3. The van der Waals surface area contributed by atoms with Crippen molar-refractivity contribution in [2.45, 2.75) is 26.4 Å². The zero-order valence-electron chi connectivity index (χ0n) is 11.0. The minimum absolute atomic E-state index is 0.0551. The summed E-state index contributed by atoms with van der Waals surface area (Å²) in [4.78, 5) is 11.6. The summed E-state index contributed by atoms with van der Waals surface area (Å²) >= 11 is 0. The fourth-order valence-corrected chi connectivity index (χ4v) is 1.54. The Morgan fingerprint density at radius 3 is 2.42 bits per heavy atom. The molecule has 0 fully saturated rings. The Balaban J connectivity index is 3.01. The molecule has 0 amide bonds. The minimum Gasteiger partial charge on any atom is -0.497 e. The van der Waals surface area contributed by atoms with Crippen molar-refractivity contribution in [2.24, 2.45) is 0 Å². The van der Waals surface area contributed by atoms with Crippen molar-refractivity contribution in [3.05, 3.63) is 23.8 Å². The van der Waals surface area contributed by atoms with E-state index in [9.17, 15) is 13.6 Å². The third-order valence-electron chi connectivity index (χ3n) is 2.50. The Hall–Kier alpha value is -1.85.